The van der Waals surface area contributed by atoms with E-state index in [9.17, 15) is 5.11 Å². The number of phenolic OH excluding ortho intramolecular Hbond substituents is 1. The van der Waals surface area contributed by atoms with E-state index in [0.717, 1.165) is 23.6 Å². The van der Waals surface area contributed by atoms with E-state index in [0.29, 0.717) is 5.75 Å². The molecule has 2 fully saturated rings. The topological polar surface area (TPSA) is 23.5 Å². The number of nitrogens with zero attached hydrogens (tertiary/aromatic N) is 1. The Morgan fingerprint density at radius 3 is 2.25 bits per heavy atom. The molecule has 1 aliphatic carbocycles. The van der Waals surface area contributed by atoms with Gasteiger partial charge in [-0.1, -0.05) is 30.3 Å². The van der Waals surface area contributed by atoms with Crippen LogP contribution in [0, 0.1) is 17.8 Å². The number of rotatable bonds is 5. The Morgan fingerprint density at radius 1 is 0.917 bits per heavy atom. The average molecular weight is 340 g/mol. The van der Waals surface area contributed by atoms with Crippen molar-refractivity contribution in [2.45, 2.75) is 24.2 Å². The molecule has 1 N–H and O–H groups in total. The molecule has 1 heterocycles. The molecular formula is C21H25NOS. The van der Waals surface area contributed by atoms with E-state index < -0.39 is 0 Å². The second kappa shape index (κ2) is 7.20. The highest BCUT2D eigenvalue weighted by atomic mass is 32.2. The Morgan fingerprint density at radius 2 is 1.58 bits per heavy atom. The van der Waals surface area contributed by atoms with E-state index >= 15 is 0 Å². The summed E-state index contributed by atoms with van der Waals surface area (Å²) >= 11 is 1.88. The first-order valence-electron chi connectivity index (χ1n) is 8.94. The molecule has 1 unspecified atom stereocenters. The number of benzene rings is 2. The van der Waals surface area contributed by atoms with Gasteiger partial charge in [-0.05, 0) is 66.8 Å². The van der Waals surface area contributed by atoms with Gasteiger partial charge in [0.1, 0.15) is 5.75 Å². The minimum absolute atomic E-state index is 0.347. The summed E-state index contributed by atoms with van der Waals surface area (Å²) in [4.78, 5) is 3.86. The summed E-state index contributed by atoms with van der Waals surface area (Å²) in [7, 11) is 0. The maximum atomic E-state index is 9.36. The summed E-state index contributed by atoms with van der Waals surface area (Å²) < 4.78 is 0. The Hall–Kier alpha value is -1.45. The van der Waals surface area contributed by atoms with Crippen molar-refractivity contribution in [1.82, 2.24) is 4.90 Å². The van der Waals surface area contributed by atoms with Crippen molar-refractivity contribution in [2.24, 2.45) is 17.8 Å². The highest BCUT2D eigenvalue weighted by Crippen LogP contribution is 2.43. The van der Waals surface area contributed by atoms with Crippen molar-refractivity contribution < 1.29 is 5.11 Å². The Balaban J connectivity index is 1.25. The SMILES string of the molecule is Oc1ccc(SCN2C[C@H]3CC(Cc4ccccc4)C[C@H]3C2)cc1. The maximum Gasteiger partial charge on any atom is 0.115 e. The molecule has 0 amide bonds. The Labute approximate surface area is 148 Å². The lowest BCUT2D eigenvalue weighted by molar-refractivity contribution is 0.341. The van der Waals surface area contributed by atoms with E-state index in [1.54, 1.807) is 12.1 Å². The summed E-state index contributed by atoms with van der Waals surface area (Å²) in [6.45, 7) is 2.53. The number of aromatic hydroxyl groups is 1. The third kappa shape index (κ3) is 3.79. The lowest BCUT2D eigenvalue weighted by atomic mass is 9.96. The van der Waals surface area contributed by atoms with Gasteiger partial charge in [-0.3, -0.25) is 4.90 Å². The molecule has 0 radical (unpaired) electrons. The van der Waals surface area contributed by atoms with Crippen LogP contribution in [0.4, 0.5) is 0 Å². The van der Waals surface area contributed by atoms with Gasteiger partial charge in [-0.15, -0.1) is 11.8 Å². The van der Waals surface area contributed by atoms with Crippen molar-refractivity contribution in [3.8, 4) is 5.75 Å². The molecule has 0 aromatic heterocycles. The van der Waals surface area contributed by atoms with Crippen LogP contribution < -0.4 is 0 Å². The molecule has 2 aromatic carbocycles. The number of hydrogen-bond acceptors (Lipinski definition) is 3. The summed E-state index contributed by atoms with van der Waals surface area (Å²) in [5.74, 6) is 4.10. The van der Waals surface area contributed by atoms with Gasteiger partial charge >= 0.3 is 0 Å². The minimum Gasteiger partial charge on any atom is -0.508 e. The van der Waals surface area contributed by atoms with Gasteiger partial charge in [0.15, 0.2) is 0 Å². The van der Waals surface area contributed by atoms with Gasteiger partial charge < -0.3 is 5.11 Å². The number of thioether (sulfide) groups is 1. The van der Waals surface area contributed by atoms with Crippen molar-refractivity contribution in [1.29, 1.82) is 0 Å². The number of likely N-dealkylation sites (tertiary alicyclic amines) is 1. The number of phenols is 1. The van der Waals surface area contributed by atoms with Crippen LogP contribution in [0.1, 0.15) is 18.4 Å². The molecule has 3 heteroatoms. The lowest BCUT2D eigenvalue weighted by Crippen LogP contribution is -2.22. The van der Waals surface area contributed by atoms with Gasteiger partial charge in [0.25, 0.3) is 0 Å². The first kappa shape index (κ1) is 16.0. The third-order valence-corrected chi connectivity index (χ3v) is 6.64. The molecule has 24 heavy (non-hydrogen) atoms. The molecule has 2 aliphatic rings. The fourth-order valence-corrected chi connectivity index (χ4v) is 5.32. The zero-order valence-corrected chi connectivity index (χ0v) is 14.8. The van der Waals surface area contributed by atoms with Crippen LogP contribution in [-0.2, 0) is 6.42 Å². The first-order chi connectivity index (χ1) is 11.8. The third-order valence-electron chi connectivity index (χ3n) is 5.54. The summed E-state index contributed by atoms with van der Waals surface area (Å²) in [5, 5.41) is 9.36. The summed E-state index contributed by atoms with van der Waals surface area (Å²) in [6.07, 6.45) is 4.07. The second-order valence-electron chi connectivity index (χ2n) is 7.35. The number of hydrogen-bond donors (Lipinski definition) is 1. The van der Waals surface area contributed by atoms with E-state index in [4.69, 9.17) is 0 Å². The van der Waals surface area contributed by atoms with Crippen molar-refractivity contribution >= 4 is 11.8 Å². The molecule has 0 spiro atoms. The van der Waals surface area contributed by atoms with Crippen LogP contribution in [-0.4, -0.2) is 29.0 Å². The van der Waals surface area contributed by atoms with Gasteiger partial charge in [-0.25, -0.2) is 0 Å². The quantitative estimate of drug-likeness (QED) is 0.803. The fourth-order valence-electron chi connectivity index (χ4n) is 4.45. The van der Waals surface area contributed by atoms with Crippen LogP contribution in [0.25, 0.3) is 0 Å². The molecule has 3 atom stereocenters. The standard InChI is InChI=1S/C21H25NOS/c23-20-6-8-21(9-7-20)24-15-22-13-18-11-17(12-19(18)14-22)10-16-4-2-1-3-5-16/h1-9,17-19,23H,10-15H2/t17?,18-,19+. The molecular weight excluding hydrogens is 314 g/mol. The molecule has 2 nitrogen and oxygen atoms in total. The van der Waals surface area contributed by atoms with Crippen LogP contribution in [0.2, 0.25) is 0 Å². The molecule has 126 valence electrons. The van der Waals surface area contributed by atoms with Gasteiger partial charge in [0.05, 0.1) is 0 Å². The highest BCUT2D eigenvalue weighted by Gasteiger charge is 2.40. The molecule has 1 aliphatic heterocycles. The molecule has 1 saturated carbocycles. The fraction of sp³-hybridized carbons (Fsp3) is 0.429. The van der Waals surface area contributed by atoms with Crippen LogP contribution in [0.15, 0.2) is 59.5 Å². The van der Waals surface area contributed by atoms with Crippen molar-refractivity contribution in [3.63, 3.8) is 0 Å². The summed E-state index contributed by atoms with van der Waals surface area (Å²) in [6, 6.07) is 18.5. The van der Waals surface area contributed by atoms with E-state index in [2.05, 4.69) is 35.2 Å². The van der Waals surface area contributed by atoms with Crippen LogP contribution in [0.3, 0.4) is 0 Å². The minimum atomic E-state index is 0.347. The zero-order valence-electron chi connectivity index (χ0n) is 14.0. The predicted octanol–water partition coefficient (Wildman–Crippen LogP) is 4.64. The number of fused-ring (bicyclic) bond motifs is 1. The Kier molecular flexibility index (Phi) is 4.81. The molecule has 1 saturated heterocycles. The van der Waals surface area contributed by atoms with Gasteiger partial charge in [-0.2, -0.15) is 0 Å². The van der Waals surface area contributed by atoms with E-state index in [1.165, 1.54) is 42.8 Å². The molecule has 0 bridgehead atoms. The monoisotopic (exact) mass is 339 g/mol. The Bertz CT molecular complexity index is 643. The maximum absolute atomic E-state index is 9.36. The normalized spacial score (nSPS) is 26.6. The molecule has 2 aromatic rings. The predicted molar refractivity (Wildman–Crippen MR) is 100 cm³/mol. The largest absolute Gasteiger partial charge is 0.508 e. The van der Waals surface area contributed by atoms with E-state index in [-0.39, 0.29) is 0 Å². The lowest BCUT2D eigenvalue weighted by Gasteiger charge is -2.18. The van der Waals surface area contributed by atoms with Crippen LogP contribution in [0.5, 0.6) is 5.75 Å². The van der Waals surface area contributed by atoms with Gasteiger partial charge in [0.2, 0.25) is 0 Å². The highest BCUT2D eigenvalue weighted by molar-refractivity contribution is 7.99. The second-order valence-corrected chi connectivity index (χ2v) is 8.37. The van der Waals surface area contributed by atoms with E-state index in [1.807, 2.05) is 23.9 Å². The van der Waals surface area contributed by atoms with Crippen molar-refractivity contribution in [3.05, 3.63) is 60.2 Å². The van der Waals surface area contributed by atoms with Crippen LogP contribution >= 0.6 is 11.8 Å². The average Bonchev–Trinajstić information content (AvgIpc) is 3.13. The smallest absolute Gasteiger partial charge is 0.115 e. The summed E-state index contributed by atoms with van der Waals surface area (Å²) in [5.41, 5.74) is 1.50. The van der Waals surface area contributed by atoms with Crippen molar-refractivity contribution in [2.75, 3.05) is 19.0 Å². The zero-order chi connectivity index (χ0) is 16.4. The first-order valence-corrected chi connectivity index (χ1v) is 9.93. The van der Waals surface area contributed by atoms with Gasteiger partial charge in [0, 0.05) is 23.9 Å². The molecule has 4 rings (SSSR count).